The van der Waals surface area contributed by atoms with Gasteiger partial charge in [0.05, 0.1) is 11.3 Å². The van der Waals surface area contributed by atoms with Gasteiger partial charge in [-0.25, -0.2) is 4.79 Å². The molecule has 0 saturated heterocycles. The lowest BCUT2D eigenvalue weighted by Gasteiger charge is -2.12. The van der Waals surface area contributed by atoms with Gasteiger partial charge in [-0.3, -0.25) is 0 Å². The molecule has 3 nitrogen and oxygen atoms in total. The fourth-order valence-corrected chi connectivity index (χ4v) is 3.31. The Hall–Kier alpha value is -2.55. The number of H-pyrrole nitrogens is 1. The molecule has 3 rings (SSSR count). The summed E-state index contributed by atoms with van der Waals surface area (Å²) in [5.74, 6) is 0.991. The van der Waals surface area contributed by atoms with E-state index in [0.29, 0.717) is 17.7 Å². The van der Waals surface area contributed by atoms with E-state index in [-0.39, 0.29) is 11.5 Å². The predicted octanol–water partition coefficient (Wildman–Crippen LogP) is 3.78. The van der Waals surface area contributed by atoms with Crippen molar-refractivity contribution in [2.75, 3.05) is 0 Å². The second-order valence-corrected chi connectivity index (χ2v) is 6.58. The first-order chi connectivity index (χ1) is 12.0. The summed E-state index contributed by atoms with van der Waals surface area (Å²) in [6.07, 6.45) is 11.8. The second-order valence-electron chi connectivity index (χ2n) is 6.58. The Labute approximate surface area is 148 Å². The van der Waals surface area contributed by atoms with Crippen molar-refractivity contribution in [1.29, 1.82) is 0 Å². The van der Waals surface area contributed by atoms with Gasteiger partial charge in [0.2, 0.25) is 0 Å². The van der Waals surface area contributed by atoms with E-state index in [1.54, 1.807) is 0 Å². The lowest BCUT2D eigenvalue weighted by molar-refractivity contribution is 0.465. The monoisotopic (exact) mass is 335 g/mol. The molecule has 1 N–H and O–H groups in total. The molecule has 0 aromatic carbocycles. The van der Waals surface area contributed by atoms with Gasteiger partial charge in [-0.15, -0.1) is 0 Å². The second kappa shape index (κ2) is 6.75. The van der Waals surface area contributed by atoms with Gasteiger partial charge < -0.3 is 9.40 Å². The Morgan fingerprint density at radius 3 is 2.56 bits per heavy atom. The van der Waals surface area contributed by atoms with E-state index in [9.17, 15) is 4.79 Å². The molecule has 0 amide bonds. The SMILES string of the molecule is C=c1c(C)c(-c2c(CC)oc(=O)c3c2C=CC(C)C=C3)[nH]c1=CCC. The average Bonchev–Trinajstić information content (AvgIpc) is 2.76. The van der Waals surface area contributed by atoms with E-state index in [2.05, 4.69) is 50.6 Å². The topological polar surface area (TPSA) is 46.0 Å². The zero-order valence-electron chi connectivity index (χ0n) is 15.4. The molecule has 2 aromatic heterocycles. The molecule has 2 heterocycles. The molecule has 1 aliphatic rings. The molecule has 1 atom stereocenters. The van der Waals surface area contributed by atoms with Crippen molar-refractivity contribution in [3.63, 3.8) is 0 Å². The van der Waals surface area contributed by atoms with Crippen molar-refractivity contribution in [2.45, 2.75) is 40.5 Å². The maximum atomic E-state index is 12.5. The standard InChI is InChI=1S/C22H25NO2/c1-6-8-18-14(4)15(5)21(23-18)20-16-11-9-13(3)10-12-17(16)22(24)25-19(20)7-2/h8-13,23H,4,6-7H2,1-3,5H3. The van der Waals surface area contributed by atoms with Crippen LogP contribution in [-0.2, 0) is 6.42 Å². The number of nitrogens with one attached hydrogen (secondary N) is 1. The number of hydrogen-bond donors (Lipinski definition) is 1. The van der Waals surface area contributed by atoms with Crippen LogP contribution in [0.3, 0.4) is 0 Å². The maximum absolute atomic E-state index is 12.5. The highest BCUT2D eigenvalue weighted by Gasteiger charge is 2.21. The van der Waals surface area contributed by atoms with Gasteiger partial charge in [-0.1, -0.05) is 57.7 Å². The molecular weight excluding hydrogens is 310 g/mol. The van der Waals surface area contributed by atoms with E-state index in [0.717, 1.165) is 39.4 Å². The molecule has 0 saturated carbocycles. The molecular formula is C22H25NO2. The van der Waals surface area contributed by atoms with E-state index < -0.39 is 0 Å². The molecule has 1 unspecified atom stereocenters. The number of rotatable bonds is 3. The highest BCUT2D eigenvalue weighted by Crippen LogP contribution is 2.32. The summed E-state index contributed by atoms with van der Waals surface area (Å²) in [5, 5.41) is 2.04. The van der Waals surface area contributed by atoms with Crippen LogP contribution in [0.1, 0.15) is 49.6 Å². The zero-order valence-corrected chi connectivity index (χ0v) is 15.4. The first-order valence-electron chi connectivity index (χ1n) is 8.92. The third-order valence-corrected chi connectivity index (χ3v) is 4.80. The van der Waals surface area contributed by atoms with Crippen LogP contribution >= 0.6 is 0 Å². The van der Waals surface area contributed by atoms with Crippen molar-refractivity contribution < 1.29 is 4.42 Å². The minimum Gasteiger partial charge on any atom is -0.427 e. The Bertz CT molecular complexity index is 1030. The zero-order chi connectivity index (χ0) is 18.1. The van der Waals surface area contributed by atoms with Crippen LogP contribution in [0.2, 0.25) is 0 Å². The van der Waals surface area contributed by atoms with Crippen LogP contribution in [0, 0.1) is 12.8 Å². The van der Waals surface area contributed by atoms with E-state index in [1.165, 1.54) is 0 Å². The van der Waals surface area contributed by atoms with Gasteiger partial charge in [-0.05, 0) is 30.0 Å². The first kappa shape index (κ1) is 17.3. The summed E-state index contributed by atoms with van der Waals surface area (Å²) >= 11 is 0. The van der Waals surface area contributed by atoms with Gasteiger partial charge in [0.15, 0.2) is 0 Å². The fraction of sp³-hybridized carbons (Fsp3) is 0.318. The third-order valence-electron chi connectivity index (χ3n) is 4.80. The summed E-state index contributed by atoms with van der Waals surface area (Å²) in [7, 11) is 0. The molecule has 0 aliphatic heterocycles. The molecule has 130 valence electrons. The Morgan fingerprint density at radius 1 is 1.24 bits per heavy atom. The minimum atomic E-state index is -0.273. The normalized spacial score (nSPS) is 17.0. The molecule has 0 spiro atoms. The molecule has 3 heteroatoms. The fourth-order valence-electron chi connectivity index (χ4n) is 3.31. The minimum absolute atomic E-state index is 0.273. The lowest BCUT2D eigenvalue weighted by atomic mass is 9.96. The molecule has 0 bridgehead atoms. The van der Waals surface area contributed by atoms with Gasteiger partial charge in [0.25, 0.3) is 0 Å². The van der Waals surface area contributed by atoms with E-state index in [1.807, 2.05) is 19.1 Å². The van der Waals surface area contributed by atoms with Crippen LogP contribution in [0.5, 0.6) is 0 Å². The highest BCUT2D eigenvalue weighted by atomic mass is 16.4. The predicted molar refractivity (Wildman–Crippen MR) is 106 cm³/mol. The largest absolute Gasteiger partial charge is 0.427 e. The Balaban J connectivity index is 2.43. The highest BCUT2D eigenvalue weighted by molar-refractivity contribution is 5.82. The van der Waals surface area contributed by atoms with Crippen LogP contribution in [0.15, 0.2) is 21.4 Å². The quantitative estimate of drug-likeness (QED) is 0.928. The molecule has 0 fully saturated rings. The number of aromatic amines is 1. The number of hydrogen-bond acceptors (Lipinski definition) is 2. The van der Waals surface area contributed by atoms with Crippen molar-refractivity contribution in [3.05, 3.63) is 55.6 Å². The van der Waals surface area contributed by atoms with Crippen LogP contribution in [0.4, 0.5) is 0 Å². The van der Waals surface area contributed by atoms with Gasteiger partial charge in [0.1, 0.15) is 5.76 Å². The summed E-state index contributed by atoms with van der Waals surface area (Å²) in [4.78, 5) is 16.0. The molecule has 25 heavy (non-hydrogen) atoms. The summed E-state index contributed by atoms with van der Waals surface area (Å²) in [6, 6.07) is 0. The van der Waals surface area contributed by atoms with Crippen LogP contribution < -0.4 is 16.2 Å². The average molecular weight is 335 g/mol. The number of aromatic nitrogens is 1. The number of fused-ring (bicyclic) bond motifs is 1. The first-order valence-corrected chi connectivity index (χ1v) is 8.92. The molecule has 0 radical (unpaired) electrons. The summed E-state index contributed by atoms with van der Waals surface area (Å²) < 4.78 is 5.67. The van der Waals surface area contributed by atoms with Crippen molar-refractivity contribution >= 4 is 24.8 Å². The van der Waals surface area contributed by atoms with Crippen LogP contribution in [0.25, 0.3) is 36.1 Å². The van der Waals surface area contributed by atoms with Crippen LogP contribution in [-0.4, -0.2) is 4.98 Å². The number of allylic oxidation sites excluding steroid dienone is 2. The van der Waals surface area contributed by atoms with Gasteiger partial charge in [0, 0.05) is 22.9 Å². The smallest absolute Gasteiger partial charge is 0.343 e. The Kier molecular flexibility index (Phi) is 4.67. The Morgan fingerprint density at radius 2 is 1.92 bits per heavy atom. The van der Waals surface area contributed by atoms with Crippen molar-refractivity contribution in [1.82, 2.24) is 4.98 Å². The van der Waals surface area contributed by atoms with Crippen molar-refractivity contribution in [3.8, 4) is 11.3 Å². The summed E-state index contributed by atoms with van der Waals surface area (Å²) in [5.41, 5.74) is 4.35. The molecule has 2 aromatic rings. The van der Waals surface area contributed by atoms with E-state index in [4.69, 9.17) is 4.42 Å². The van der Waals surface area contributed by atoms with E-state index >= 15 is 0 Å². The maximum Gasteiger partial charge on any atom is 0.343 e. The lowest BCUT2D eigenvalue weighted by Crippen LogP contribution is -2.21. The van der Waals surface area contributed by atoms with Gasteiger partial charge >= 0.3 is 5.63 Å². The summed E-state index contributed by atoms with van der Waals surface area (Å²) in [6.45, 7) is 12.5. The van der Waals surface area contributed by atoms with Gasteiger partial charge in [-0.2, -0.15) is 0 Å². The molecule has 1 aliphatic carbocycles. The third kappa shape index (κ3) is 2.95. The number of aryl methyl sites for hydroxylation is 1. The van der Waals surface area contributed by atoms with Crippen molar-refractivity contribution in [2.24, 2.45) is 5.92 Å².